The molecular formula is C16H30Br2N4. The van der Waals surface area contributed by atoms with Crippen molar-refractivity contribution in [3.8, 4) is 0 Å². The maximum absolute atomic E-state index is 2.21. The van der Waals surface area contributed by atoms with E-state index in [0.29, 0.717) is 0 Å². The molecule has 0 unspecified atom stereocenters. The molecule has 0 spiro atoms. The first-order chi connectivity index (χ1) is 9.65. The zero-order valence-corrected chi connectivity index (χ0v) is 17.4. The van der Waals surface area contributed by atoms with Gasteiger partial charge in [0.15, 0.2) is 0 Å². The van der Waals surface area contributed by atoms with E-state index >= 15 is 0 Å². The highest BCUT2D eigenvalue weighted by Crippen LogP contribution is 1.92. The largest absolute Gasteiger partial charge is 1.00 e. The number of hydrogen-bond donors (Lipinski definition) is 0. The molecule has 6 heteroatoms. The lowest BCUT2D eigenvalue weighted by Crippen LogP contribution is -3.00. The fraction of sp³-hybridized carbons (Fsp3) is 0.625. The molecule has 128 valence electrons. The summed E-state index contributed by atoms with van der Waals surface area (Å²) in [4.78, 5) is 0. The molecule has 2 aromatic rings. The number of nitrogens with zero attached hydrogens (tertiary/aromatic N) is 4. The van der Waals surface area contributed by atoms with Crippen molar-refractivity contribution in [2.75, 3.05) is 0 Å². The second-order valence-corrected chi connectivity index (χ2v) is 5.34. The van der Waals surface area contributed by atoms with Gasteiger partial charge in [-0.2, -0.15) is 0 Å². The highest BCUT2D eigenvalue weighted by atomic mass is 79.9. The zero-order valence-electron chi connectivity index (χ0n) is 14.3. The summed E-state index contributed by atoms with van der Waals surface area (Å²) in [6, 6.07) is 0. The first kappa shape index (κ1) is 23.6. The number of unbranched alkanes of at least 4 members (excludes halogenated alkanes) is 2. The summed E-state index contributed by atoms with van der Waals surface area (Å²) in [5.41, 5.74) is 0. The topological polar surface area (TPSA) is 17.6 Å². The van der Waals surface area contributed by atoms with Gasteiger partial charge < -0.3 is 34.0 Å². The van der Waals surface area contributed by atoms with Crippen molar-refractivity contribution in [1.29, 1.82) is 0 Å². The molecule has 0 bridgehead atoms. The van der Waals surface area contributed by atoms with Gasteiger partial charge in [0.1, 0.15) is 24.8 Å². The van der Waals surface area contributed by atoms with Gasteiger partial charge in [-0.15, -0.1) is 0 Å². The lowest BCUT2D eigenvalue weighted by molar-refractivity contribution is -0.671. The SMILES string of the molecule is CCCCn1cc[n+](C)c1.CCCCn1cc[n+](C)c1.[Br-].[Br-]. The van der Waals surface area contributed by atoms with Crippen LogP contribution in [0, 0.1) is 0 Å². The highest BCUT2D eigenvalue weighted by molar-refractivity contribution is 4.65. The molecule has 2 rings (SSSR count). The van der Waals surface area contributed by atoms with E-state index in [4.69, 9.17) is 0 Å². The van der Waals surface area contributed by atoms with E-state index in [1.165, 1.54) is 25.7 Å². The van der Waals surface area contributed by atoms with Crippen LogP contribution >= 0.6 is 0 Å². The van der Waals surface area contributed by atoms with Gasteiger partial charge in [0, 0.05) is 0 Å². The molecule has 0 fully saturated rings. The van der Waals surface area contributed by atoms with Crippen LogP contribution in [-0.4, -0.2) is 9.13 Å². The second kappa shape index (κ2) is 14.0. The van der Waals surface area contributed by atoms with E-state index in [9.17, 15) is 0 Å². The van der Waals surface area contributed by atoms with Crippen LogP contribution in [0.4, 0.5) is 0 Å². The van der Waals surface area contributed by atoms with Gasteiger partial charge in [0.2, 0.25) is 12.7 Å². The van der Waals surface area contributed by atoms with E-state index in [1.807, 2.05) is 14.1 Å². The number of rotatable bonds is 6. The Kier molecular flexibility index (Phi) is 15.0. The van der Waals surface area contributed by atoms with E-state index in [1.54, 1.807) is 0 Å². The quantitative estimate of drug-likeness (QED) is 0.413. The predicted octanol–water partition coefficient (Wildman–Crippen LogP) is -3.77. The standard InChI is InChI=1S/2C8H15N2.2BrH/c2*1-3-4-5-10-7-6-9(2)8-10;;/h2*6-8H,3-5H2,1-2H3;2*1H/q2*+1;;/p-2. The molecule has 0 saturated carbocycles. The van der Waals surface area contributed by atoms with Gasteiger partial charge in [-0.25, -0.2) is 18.3 Å². The molecular weight excluding hydrogens is 408 g/mol. The van der Waals surface area contributed by atoms with Crippen molar-refractivity contribution in [2.24, 2.45) is 14.1 Å². The first-order valence-electron chi connectivity index (χ1n) is 7.67. The van der Waals surface area contributed by atoms with Crippen molar-refractivity contribution < 1.29 is 43.1 Å². The lowest BCUT2D eigenvalue weighted by Gasteiger charge is -1.90. The van der Waals surface area contributed by atoms with E-state index < -0.39 is 0 Å². The average Bonchev–Trinajstić information content (AvgIpc) is 3.03. The third kappa shape index (κ3) is 10.2. The predicted molar refractivity (Wildman–Crippen MR) is 81.0 cm³/mol. The number of hydrogen-bond acceptors (Lipinski definition) is 0. The van der Waals surface area contributed by atoms with Crippen LogP contribution in [0.25, 0.3) is 0 Å². The van der Waals surface area contributed by atoms with Crippen molar-refractivity contribution in [3.63, 3.8) is 0 Å². The Labute approximate surface area is 156 Å². The molecule has 0 aromatic carbocycles. The van der Waals surface area contributed by atoms with Crippen LogP contribution in [0.5, 0.6) is 0 Å². The van der Waals surface area contributed by atoms with Crippen LogP contribution in [-0.2, 0) is 27.2 Å². The molecule has 0 radical (unpaired) electrons. The van der Waals surface area contributed by atoms with Crippen molar-refractivity contribution in [3.05, 3.63) is 37.4 Å². The Morgan fingerprint density at radius 1 is 0.727 bits per heavy atom. The van der Waals surface area contributed by atoms with Crippen LogP contribution in [0.2, 0.25) is 0 Å². The minimum atomic E-state index is 0. The van der Waals surface area contributed by atoms with Gasteiger partial charge >= 0.3 is 0 Å². The van der Waals surface area contributed by atoms with E-state index in [0.717, 1.165) is 13.1 Å². The summed E-state index contributed by atoms with van der Waals surface area (Å²) in [5.74, 6) is 0. The van der Waals surface area contributed by atoms with Gasteiger partial charge in [-0.05, 0) is 12.8 Å². The minimum Gasteiger partial charge on any atom is -1.00 e. The Bertz CT molecular complexity index is 436. The third-order valence-corrected chi connectivity index (χ3v) is 3.19. The summed E-state index contributed by atoms with van der Waals surface area (Å²) < 4.78 is 8.55. The maximum Gasteiger partial charge on any atom is 0.243 e. The van der Waals surface area contributed by atoms with Gasteiger partial charge in [-0.3, -0.25) is 0 Å². The molecule has 0 amide bonds. The number of aryl methyl sites for hydroxylation is 4. The summed E-state index contributed by atoms with van der Waals surface area (Å²) >= 11 is 0. The molecule has 0 N–H and O–H groups in total. The molecule has 0 saturated heterocycles. The first-order valence-corrected chi connectivity index (χ1v) is 7.67. The highest BCUT2D eigenvalue weighted by Gasteiger charge is 1.97. The van der Waals surface area contributed by atoms with Crippen molar-refractivity contribution in [1.82, 2.24) is 9.13 Å². The van der Waals surface area contributed by atoms with Crippen LogP contribution in [0.15, 0.2) is 37.4 Å². The fourth-order valence-corrected chi connectivity index (χ4v) is 1.95. The van der Waals surface area contributed by atoms with Gasteiger partial charge in [0.25, 0.3) is 0 Å². The monoisotopic (exact) mass is 436 g/mol. The van der Waals surface area contributed by atoms with Crippen LogP contribution in [0.3, 0.4) is 0 Å². The maximum atomic E-state index is 2.21. The average molecular weight is 438 g/mol. The third-order valence-electron chi connectivity index (χ3n) is 3.19. The molecule has 2 aromatic heterocycles. The Hall–Kier alpha value is -0.620. The summed E-state index contributed by atoms with van der Waals surface area (Å²) in [6.07, 6.45) is 17.6. The fourth-order valence-electron chi connectivity index (χ4n) is 1.95. The second-order valence-electron chi connectivity index (χ2n) is 5.34. The van der Waals surface area contributed by atoms with E-state index in [2.05, 4.69) is 69.6 Å². The van der Waals surface area contributed by atoms with Crippen molar-refractivity contribution in [2.45, 2.75) is 52.6 Å². The minimum absolute atomic E-state index is 0. The number of halogens is 2. The van der Waals surface area contributed by atoms with Crippen LogP contribution < -0.4 is 43.1 Å². The van der Waals surface area contributed by atoms with Gasteiger partial charge in [0.05, 0.1) is 27.2 Å². The molecule has 0 aliphatic heterocycles. The number of aromatic nitrogens is 4. The Balaban J connectivity index is 0. The Morgan fingerprint density at radius 3 is 1.32 bits per heavy atom. The molecule has 22 heavy (non-hydrogen) atoms. The Morgan fingerprint density at radius 2 is 1.09 bits per heavy atom. The van der Waals surface area contributed by atoms with Crippen molar-refractivity contribution >= 4 is 0 Å². The summed E-state index contributed by atoms with van der Waals surface area (Å²) in [5, 5.41) is 0. The zero-order chi connectivity index (χ0) is 14.8. The normalized spacial score (nSPS) is 9.27. The van der Waals surface area contributed by atoms with Gasteiger partial charge in [-0.1, -0.05) is 26.7 Å². The summed E-state index contributed by atoms with van der Waals surface area (Å²) in [7, 11) is 4.09. The summed E-state index contributed by atoms with van der Waals surface area (Å²) in [6.45, 7) is 6.72. The molecule has 0 aliphatic carbocycles. The smallest absolute Gasteiger partial charge is 0.243 e. The van der Waals surface area contributed by atoms with E-state index in [-0.39, 0.29) is 34.0 Å². The lowest BCUT2D eigenvalue weighted by atomic mass is 10.3. The molecule has 2 heterocycles. The molecule has 4 nitrogen and oxygen atoms in total. The van der Waals surface area contributed by atoms with Crippen LogP contribution in [0.1, 0.15) is 39.5 Å². The molecule has 0 aliphatic rings. The number of imidazole rings is 2. The molecule has 0 atom stereocenters.